The maximum absolute atomic E-state index is 12.5. The Kier molecular flexibility index (Phi) is 4.83. The maximum atomic E-state index is 12.5. The van der Waals surface area contributed by atoms with Gasteiger partial charge in [-0.15, -0.1) is 0 Å². The third-order valence-corrected chi connectivity index (χ3v) is 4.14. The van der Waals surface area contributed by atoms with Gasteiger partial charge < -0.3 is 10.2 Å². The summed E-state index contributed by atoms with van der Waals surface area (Å²) in [6.45, 7) is 3.86. The molecule has 0 aromatic heterocycles. The number of hydrogen-bond acceptors (Lipinski definition) is 2. The summed E-state index contributed by atoms with van der Waals surface area (Å²) in [6, 6.07) is 7.77. The first-order valence-electron chi connectivity index (χ1n) is 6.82. The monoisotopic (exact) mass is 280 g/mol. The summed E-state index contributed by atoms with van der Waals surface area (Å²) >= 11 is 6.01. The fourth-order valence-corrected chi connectivity index (χ4v) is 2.73. The summed E-state index contributed by atoms with van der Waals surface area (Å²) in [4.78, 5) is 14.3. The van der Waals surface area contributed by atoms with Crippen molar-refractivity contribution in [3.8, 4) is 0 Å². The average Bonchev–Trinajstić information content (AvgIpc) is 2.46. The van der Waals surface area contributed by atoms with Crippen LogP contribution in [0.15, 0.2) is 24.3 Å². The molecule has 4 heteroatoms. The molecule has 0 aliphatic carbocycles. The van der Waals surface area contributed by atoms with Crippen LogP contribution in [0, 0.1) is 5.92 Å². The highest BCUT2D eigenvalue weighted by molar-refractivity contribution is 6.30. The van der Waals surface area contributed by atoms with E-state index >= 15 is 0 Å². The van der Waals surface area contributed by atoms with E-state index in [-0.39, 0.29) is 17.9 Å². The molecule has 1 aliphatic rings. The van der Waals surface area contributed by atoms with Crippen molar-refractivity contribution in [1.29, 1.82) is 0 Å². The predicted molar refractivity (Wildman–Crippen MR) is 78.2 cm³/mol. The number of nitrogens with zero attached hydrogens (tertiary/aromatic N) is 1. The van der Waals surface area contributed by atoms with Gasteiger partial charge in [0, 0.05) is 18.6 Å². The van der Waals surface area contributed by atoms with Crippen LogP contribution in [0.3, 0.4) is 0 Å². The average molecular weight is 281 g/mol. The van der Waals surface area contributed by atoms with E-state index < -0.39 is 0 Å². The summed E-state index contributed by atoms with van der Waals surface area (Å²) in [6.07, 6.45) is 2.06. The van der Waals surface area contributed by atoms with Gasteiger partial charge in [0.15, 0.2) is 0 Å². The van der Waals surface area contributed by atoms with E-state index in [1.807, 2.05) is 43.1 Å². The summed E-state index contributed by atoms with van der Waals surface area (Å²) in [7, 11) is 1.88. The Morgan fingerprint density at radius 3 is 2.95 bits per heavy atom. The van der Waals surface area contributed by atoms with E-state index in [2.05, 4.69) is 5.32 Å². The van der Waals surface area contributed by atoms with Crippen LogP contribution in [0.5, 0.6) is 0 Å². The second kappa shape index (κ2) is 6.40. The second-order valence-electron chi connectivity index (χ2n) is 5.22. The molecule has 2 rings (SSSR count). The van der Waals surface area contributed by atoms with Crippen LogP contribution in [0.4, 0.5) is 0 Å². The first kappa shape index (κ1) is 14.4. The molecule has 1 aromatic carbocycles. The summed E-state index contributed by atoms with van der Waals surface area (Å²) in [5.41, 5.74) is 1.08. The highest BCUT2D eigenvalue weighted by atomic mass is 35.5. The molecular weight excluding hydrogens is 260 g/mol. The quantitative estimate of drug-likeness (QED) is 0.923. The largest absolute Gasteiger partial charge is 0.339 e. The number of halogens is 1. The fraction of sp³-hybridized carbons (Fsp3) is 0.533. The highest BCUT2D eigenvalue weighted by Crippen LogP contribution is 2.24. The number of benzene rings is 1. The lowest BCUT2D eigenvalue weighted by molar-refractivity contribution is -0.136. The summed E-state index contributed by atoms with van der Waals surface area (Å²) in [5, 5.41) is 4.00. The van der Waals surface area contributed by atoms with Crippen molar-refractivity contribution >= 4 is 17.5 Å². The van der Waals surface area contributed by atoms with Crippen molar-refractivity contribution in [3.63, 3.8) is 0 Å². The van der Waals surface area contributed by atoms with Gasteiger partial charge in [0.1, 0.15) is 0 Å². The lowest BCUT2D eigenvalue weighted by Gasteiger charge is -2.31. The Hall–Kier alpha value is -1.06. The Balaban J connectivity index is 2.05. The molecule has 1 N–H and O–H groups in total. The molecule has 1 fully saturated rings. The topological polar surface area (TPSA) is 32.3 Å². The number of hydrogen-bond donors (Lipinski definition) is 1. The smallest absolute Gasteiger partial charge is 0.227 e. The van der Waals surface area contributed by atoms with Gasteiger partial charge in [-0.3, -0.25) is 4.79 Å². The van der Waals surface area contributed by atoms with Crippen LogP contribution in [0.1, 0.15) is 31.4 Å². The van der Waals surface area contributed by atoms with Crippen LogP contribution in [0.25, 0.3) is 0 Å². The van der Waals surface area contributed by atoms with Crippen molar-refractivity contribution < 1.29 is 4.79 Å². The van der Waals surface area contributed by atoms with Crippen molar-refractivity contribution in [2.24, 2.45) is 5.92 Å². The van der Waals surface area contributed by atoms with E-state index in [9.17, 15) is 4.79 Å². The molecular formula is C15H21ClN2O. The lowest BCUT2D eigenvalue weighted by Crippen LogP contribution is -2.42. The van der Waals surface area contributed by atoms with Crippen LogP contribution in [-0.2, 0) is 4.79 Å². The van der Waals surface area contributed by atoms with Gasteiger partial charge in [0.2, 0.25) is 5.91 Å². The Morgan fingerprint density at radius 2 is 2.32 bits per heavy atom. The van der Waals surface area contributed by atoms with Gasteiger partial charge in [-0.2, -0.15) is 0 Å². The maximum Gasteiger partial charge on any atom is 0.227 e. The number of amides is 1. The van der Waals surface area contributed by atoms with Crippen LogP contribution < -0.4 is 5.32 Å². The molecule has 104 valence electrons. The molecule has 2 atom stereocenters. The fourth-order valence-electron chi connectivity index (χ4n) is 2.53. The molecule has 0 saturated carbocycles. The normalized spacial score (nSPS) is 20.9. The molecule has 19 heavy (non-hydrogen) atoms. The SMILES string of the molecule is CC(c1cccc(Cl)c1)N(C)C(=O)[C@@H]1CCCNC1. The Labute approximate surface area is 119 Å². The lowest BCUT2D eigenvalue weighted by atomic mass is 9.97. The number of rotatable bonds is 3. The molecule has 0 radical (unpaired) electrons. The Bertz CT molecular complexity index is 444. The van der Waals surface area contributed by atoms with E-state index in [4.69, 9.17) is 11.6 Å². The van der Waals surface area contributed by atoms with Crippen molar-refractivity contribution in [2.75, 3.05) is 20.1 Å². The first-order chi connectivity index (χ1) is 9.09. The van der Waals surface area contributed by atoms with Crippen molar-refractivity contribution in [2.45, 2.75) is 25.8 Å². The highest BCUT2D eigenvalue weighted by Gasteiger charge is 2.26. The molecule has 0 bridgehead atoms. The zero-order chi connectivity index (χ0) is 13.8. The van der Waals surface area contributed by atoms with E-state index in [1.165, 1.54) is 0 Å². The minimum absolute atomic E-state index is 0.0492. The molecule has 0 spiro atoms. The van der Waals surface area contributed by atoms with E-state index in [0.717, 1.165) is 31.5 Å². The summed E-state index contributed by atoms with van der Waals surface area (Å²) < 4.78 is 0. The van der Waals surface area contributed by atoms with Crippen LogP contribution in [-0.4, -0.2) is 30.9 Å². The molecule has 1 saturated heterocycles. The van der Waals surface area contributed by atoms with Gasteiger partial charge in [-0.1, -0.05) is 23.7 Å². The standard InChI is InChI=1S/C15H21ClN2O/c1-11(12-5-3-7-14(16)9-12)18(2)15(19)13-6-4-8-17-10-13/h3,5,7,9,11,13,17H,4,6,8,10H2,1-2H3/t11?,13-/m1/s1. The molecule has 1 amide bonds. The van der Waals surface area contributed by atoms with Gasteiger partial charge in [-0.25, -0.2) is 0 Å². The van der Waals surface area contributed by atoms with Gasteiger partial charge in [0.25, 0.3) is 0 Å². The third-order valence-electron chi connectivity index (χ3n) is 3.91. The summed E-state index contributed by atoms with van der Waals surface area (Å²) in [5.74, 6) is 0.333. The molecule has 1 unspecified atom stereocenters. The first-order valence-corrected chi connectivity index (χ1v) is 7.20. The number of carbonyl (C=O) groups excluding carboxylic acids is 1. The van der Waals surface area contributed by atoms with Crippen molar-refractivity contribution in [1.82, 2.24) is 10.2 Å². The minimum Gasteiger partial charge on any atom is -0.339 e. The molecule has 3 nitrogen and oxygen atoms in total. The molecule has 1 aliphatic heterocycles. The second-order valence-corrected chi connectivity index (χ2v) is 5.66. The number of nitrogens with one attached hydrogen (secondary N) is 1. The zero-order valence-corrected chi connectivity index (χ0v) is 12.3. The van der Waals surface area contributed by atoms with Gasteiger partial charge in [-0.05, 0) is 44.0 Å². The minimum atomic E-state index is 0.0492. The van der Waals surface area contributed by atoms with E-state index in [0.29, 0.717) is 5.02 Å². The number of carbonyl (C=O) groups is 1. The Morgan fingerprint density at radius 1 is 1.53 bits per heavy atom. The number of piperidine rings is 1. The predicted octanol–water partition coefficient (Wildman–Crippen LogP) is 2.86. The zero-order valence-electron chi connectivity index (χ0n) is 11.5. The van der Waals surface area contributed by atoms with Gasteiger partial charge in [0.05, 0.1) is 12.0 Å². The molecule has 1 heterocycles. The third kappa shape index (κ3) is 3.48. The van der Waals surface area contributed by atoms with Gasteiger partial charge >= 0.3 is 0 Å². The van der Waals surface area contributed by atoms with E-state index in [1.54, 1.807) is 0 Å². The van der Waals surface area contributed by atoms with Crippen LogP contribution in [0.2, 0.25) is 5.02 Å². The van der Waals surface area contributed by atoms with Crippen LogP contribution >= 0.6 is 11.6 Å². The van der Waals surface area contributed by atoms with Crippen molar-refractivity contribution in [3.05, 3.63) is 34.9 Å². The molecule has 1 aromatic rings.